The van der Waals surface area contributed by atoms with Gasteiger partial charge in [-0.3, -0.25) is 4.79 Å². The van der Waals surface area contributed by atoms with Gasteiger partial charge in [-0.1, -0.05) is 0 Å². The Labute approximate surface area is 92.4 Å². The van der Waals surface area contributed by atoms with Crippen molar-refractivity contribution in [1.29, 1.82) is 0 Å². The molecule has 5 heteroatoms. The Bertz CT molecular complexity index is 380. The number of rotatable bonds is 4. The molecule has 0 unspecified atom stereocenters. The third-order valence-corrected chi connectivity index (χ3v) is 1.75. The van der Waals surface area contributed by atoms with Crippen molar-refractivity contribution in [2.75, 3.05) is 11.9 Å². The molecule has 1 amide bonds. The summed E-state index contributed by atoms with van der Waals surface area (Å²) in [5.41, 5.74) is -0.0567. The van der Waals surface area contributed by atoms with Gasteiger partial charge in [-0.2, -0.15) is 0 Å². The van der Waals surface area contributed by atoms with E-state index < -0.39 is 17.5 Å². The van der Waals surface area contributed by atoms with Gasteiger partial charge in [0.25, 0.3) is 0 Å². The maximum Gasteiger partial charge on any atom is 0.250 e. The molecule has 0 atom stereocenters. The first-order valence-corrected chi connectivity index (χ1v) is 4.85. The molecule has 0 bridgehead atoms. The van der Waals surface area contributed by atoms with Gasteiger partial charge in [0.15, 0.2) is 0 Å². The lowest BCUT2D eigenvalue weighted by Crippen LogP contribution is -2.21. The lowest BCUT2D eigenvalue weighted by atomic mass is 10.3. The summed E-state index contributed by atoms with van der Waals surface area (Å²) in [7, 11) is 0. The van der Waals surface area contributed by atoms with E-state index in [1.54, 1.807) is 13.8 Å². The first kappa shape index (κ1) is 12.6. The topological polar surface area (TPSA) is 38.3 Å². The van der Waals surface area contributed by atoms with E-state index in [2.05, 4.69) is 5.32 Å². The van der Waals surface area contributed by atoms with Crippen molar-refractivity contribution in [2.24, 2.45) is 0 Å². The number of benzene rings is 1. The highest BCUT2D eigenvalue weighted by atomic mass is 19.1. The standard InChI is InChI=1S/C11H13F2NO2/c1-7(2)16-6-11(15)14-10-4-3-8(12)5-9(10)13/h3-5,7H,6H2,1-2H3,(H,14,15). The molecule has 0 fully saturated rings. The number of halogens is 2. The fourth-order valence-electron chi connectivity index (χ4n) is 1.02. The van der Waals surface area contributed by atoms with Crippen LogP contribution in [0.25, 0.3) is 0 Å². The third-order valence-electron chi connectivity index (χ3n) is 1.75. The Kier molecular flexibility index (Phi) is 4.37. The van der Waals surface area contributed by atoms with E-state index >= 15 is 0 Å². The van der Waals surface area contributed by atoms with Gasteiger partial charge in [-0.25, -0.2) is 8.78 Å². The summed E-state index contributed by atoms with van der Waals surface area (Å²) < 4.78 is 30.7. The maximum absolute atomic E-state index is 13.1. The van der Waals surface area contributed by atoms with Crippen molar-refractivity contribution in [1.82, 2.24) is 0 Å². The second-order valence-corrected chi connectivity index (χ2v) is 3.53. The van der Waals surface area contributed by atoms with Crippen molar-refractivity contribution < 1.29 is 18.3 Å². The molecule has 0 heterocycles. The Morgan fingerprint density at radius 3 is 2.69 bits per heavy atom. The summed E-state index contributed by atoms with van der Waals surface area (Å²) in [5.74, 6) is -1.97. The average molecular weight is 229 g/mol. The summed E-state index contributed by atoms with van der Waals surface area (Å²) in [6, 6.07) is 2.94. The number of carbonyl (C=O) groups excluding carboxylic acids is 1. The van der Waals surface area contributed by atoms with E-state index in [0.29, 0.717) is 6.07 Å². The molecule has 0 spiro atoms. The second kappa shape index (κ2) is 5.55. The van der Waals surface area contributed by atoms with Crippen LogP contribution >= 0.6 is 0 Å². The van der Waals surface area contributed by atoms with Gasteiger partial charge in [-0.05, 0) is 26.0 Å². The van der Waals surface area contributed by atoms with E-state index in [0.717, 1.165) is 12.1 Å². The van der Waals surface area contributed by atoms with E-state index in [1.807, 2.05) is 0 Å². The summed E-state index contributed by atoms with van der Waals surface area (Å²) in [4.78, 5) is 11.3. The number of hydrogen-bond acceptors (Lipinski definition) is 2. The zero-order chi connectivity index (χ0) is 12.1. The second-order valence-electron chi connectivity index (χ2n) is 3.53. The van der Waals surface area contributed by atoms with Crippen LogP contribution in [0.3, 0.4) is 0 Å². The molecule has 1 rings (SSSR count). The molecular formula is C11H13F2NO2. The number of amides is 1. The molecule has 0 aliphatic heterocycles. The van der Waals surface area contributed by atoms with Crippen LogP contribution in [0.2, 0.25) is 0 Å². The Morgan fingerprint density at radius 2 is 2.12 bits per heavy atom. The number of carbonyl (C=O) groups is 1. The zero-order valence-electron chi connectivity index (χ0n) is 9.09. The van der Waals surface area contributed by atoms with E-state index in [4.69, 9.17) is 4.74 Å². The van der Waals surface area contributed by atoms with Crippen molar-refractivity contribution in [3.63, 3.8) is 0 Å². The third kappa shape index (κ3) is 3.94. The van der Waals surface area contributed by atoms with Crippen LogP contribution in [0.5, 0.6) is 0 Å². The van der Waals surface area contributed by atoms with Crippen molar-refractivity contribution in [3.8, 4) is 0 Å². The molecule has 0 saturated carbocycles. The number of anilines is 1. The quantitative estimate of drug-likeness (QED) is 0.860. The highest BCUT2D eigenvalue weighted by Crippen LogP contribution is 2.14. The molecule has 0 radical (unpaired) electrons. The summed E-state index contributed by atoms with van der Waals surface area (Å²) in [6.45, 7) is 3.41. The number of hydrogen-bond donors (Lipinski definition) is 1. The predicted octanol–water partition coefficient (Wildman–Crippen LogP) is 2.33. The molecule has 88 valence electrons. The van der Waals surface area contributed by atoms with Crippen LogP contribution in [-0.4, -0.2) is 18.6 Å². The summed E-state index contributed by atoms with van der Waals surface area (Å²) in [5, 5.41) is 2.29. The molecule has 1 aromatic carbocycles. The molecular weight excluding hydrogens is 216 g/mol. The van der Waals surface area contributed by atoms with Gasteiger partial charge < -0.3 is 10.1 Å². The van der Waals surface area contributed by atoms with Crippen molar-refractivity contribution in [2.45, 2.75) is 20.0 Å². The first-order valence-electron chi connectivity index (χ1n) is 4.85. The zero-order valence-corrected chi connectivity index (χ0v) is 9.09. The fourth-order valence-corrected chi connectivity index (χ4v) is 1.02. The fraction of sp³-hybridized carbons (Fsp3) is 0.364. The molecule has 3 nitrogen and oxygen atoms in total. The number of ether oxygens (including phenoxy) is 1. The van der Waals surface area contributed by atoms with Crippen LogP contribution in [0.4, 0.5) is 14.5 Å². The molecule has 16 heavy (non-hydrogen) atoms. The van der Waals surface area contributed by atoms with Gasteiger partial charge in [0, 0.05) is 6.07 Å². The van der Waals surface area contributed by atoms with Crippen LogP contribution in [0.15, 0.2) is 18.2 Å². The smallest absolute Gasteiger partial charge is 0.250 e. The van der Waals surface area contributed by atoms with Crippen LogP contribution < -0.4 is 5.32 Å². The Hall–Kier alpha value is -1.49. The molecule has 0 aliphatic rings. The number of nitrogens with one attached hydrogen (secondary N) is 1. The normalized spacial score (nSPS) is 10.6. The minimum Gasteiger partial charge on any atom is -0.369 e. The van der Waals surface area contributed by atoms with E-state index in [9.17, 15) is 13.6 Å². The molecule has 1 aromatic rings. The highest BCUT2D eigenvalue weighted by Gasteiger charge is 2.08. The Morgan fingerprint density at radius 1 is 1.44 bits per heavy atom. The van der Waals surface area contributed by atoms with Gasteiger partial charge in [0.1, 0.15) is 18.2 Å². The predicted molar refractivity (Wildman–Crippen MR) is 56.1 cm³/mol. The average Bonchev–Trinajstić information content (AvgIpc) is 2.19. The van der Waals surface area contributed by atoms with Crippen LogP contribution in [-0.2, 0) is 9.53 Å². The van der Waals surface area contributed by atoms with Gasteiger partial charge in [0.05, 0.1) is 11.8 Å². The first-order chi connectivity index (χ1) is 7.49. The maximum atomic E-state index is 13.1. The minimum absolute atomic E-state index is 0.0567. The largest absolute Gasteiger partial charge is 0.369 e. The SMILES string of the molecule is CC(C)OCC(=O)Nc1ccc(F)cc1F. The van der Waals surface area contributed by atoms with Gasteiger partial charge in [0.2, 0.25) is 5.91 Å². The van der Waals surface area contributed by atoms with Crippen molar-refractivity contribution >= 4 is 11.6 Å². The molecule has 0 aliphatic carbocycles. The van der Waals surface area contributed by atoms with Gasteiger partial charge in [-0.15, -0.1) is 0 Å². The van der Waals surface area contributed by atoms with Crippen LogP contribution in [0, 0.1) is 11.6 Å². The lowest BCUT2D eigenvalue weighted by Gasteiger charge is -2.08. The van der Waals surface area contributed by atoms with E-state index in [-0.39, 0.29) is 18.4 Å². The summed E-state index contributed by atoms with van der Waals surface area (Å²) in [6.07, 6.45) is -0.0798. The van der Waals surface area contributed by atoms with Gasteiger partial charge >= 0.3 is 0 Å². The lowest BCUT2D eigenvalue weighted by molar-refractivity contribution is -0.121. The monoisotopic (exact) mass is 229 g/mol. The van der Waals surface area contributed by atoms with E-state index in [1.165, 1.54) is 0 Å². The highest BCUT2D eigenvalue weighted by molar-refractivity contribution is 5.91. The van der Waals surface area contributed by atoms with Crippen molar-refractivity contribution in [3.05, 3.63) is 29.8 Å². The Balaban J connectivity index is 2.56. The minimum atomic E-state index is -0.808. The molecule has 0 aromatic heterocycles. The van der Waals surface area contributed by atoms with Crippen LogP contribution in [0.1, 0.15) is 13.8 Å². The summed E-state index contributed by atoms with van der Waals surface area (Å²) >= 11 is 0. The molecule has 0 saturated heterocycles. The molecule has 1 N–H and O–H groups in total.